The maximum atomic E-state index is 12.3. The largest absolute Gasteiger partial charge is 0.280 e. The molecule has 0 fully saturated rings. The minimum Gasteiger partial charge on any atom is -0.280 e. The van der Waals surface area contributed by atoms with Gasteiger partial charge in [0, 0.05) is 21.1 Å². The average molecular weight is 376 g/mol. The van der Waals surface area contributed by atoms with Gasteiger partial charge in [-0.15, -0.1) is 5.56 Å². The van der Waals surface area contributed by atoms with Gasteiger partial charge in [-0.1, -0.05) is 0 Å². The molecule has 0 nitrogen and oxygen atoms in total. The third-order valence-corrected chi connectivity index (χ3v) is 1.30. The van der Waals surface area contributed by atoms with Crippen LogP contribution in [0.25, 0.3) is 0 Å². The minimum atomic E-state index is -2.17. The van der Waals surface area contributed by atoms with Gasteiger partial charge in [-0.2, -0.15) is 6.92 Å². The Morgan fingerprint density at radius 3 is 1.15 bits per heavy atom. The van der Waals surface area contributed by atoms with Crippen molar-refractivity contribution in [3.8, 4) is 0 Å². The van der Waals surface area contributed by atoms with Gasteiger partial charge < -0.3 is 0 Å². The Morgan fingerprint density at radius 2 is 0.846 bits per heavy atom. The molecule has 1 aromatic rings. The molecule has 0 aliphatic heterocycles. The quantitative estimate of drug-likeness (QED) is 0.283. The first-order valence-electron chi connectivity index (χ1n) is 2.80. The first kappa shape index (κ1) is 12.4. The van der Waals surface area contributed by atoms with Crippen LogP contribution >= 0.6 is 0 Å². The van der Waals surface area contributed by atoms with Crippen molar-refractivity contribution >= 4 is 0 Å². The van der Waals surface area contributed by atoms with Crippen molar-refractivity contribution < 1.29 is 43.0 Å². The summed E-state index contributed by atoms with van der Waals surface area (Å²) < 4.78 is 61.3. The molecule has 0 N–H and O–H groups in total. The summed E-state index contributed by atoms with van der Waals surface area (Å²) in [5.74, 6) is -9.91. The Balaban J connectivity index is 0.00000144. The van der Waals surface area contributed by atoms with Crippen molar-refractivity contribution in [2.45, 2.75) is 0 Å². The summed E-state index contributed by atoms with van der Waals surface area (Å²) in [7, 11) is 0. The smallest absolute Gasteiger partial charge is 0.175 e. The van der Waals surface area contributed by atoms with Crippen LogP contribution in [-0.2, 0) is 21.1 Å². The molecule has 0 saturated heterocycles. The molecule has 1 aromatic carbocycles. The van der Waals surface area contributed by atoms with E-state index in [-0.39, 0.29) is 21.1 Å². The molecule has 0 saturated carbocycles. The summed E-state index contributed by atoms with van der Waals surface area (Å²) in [4.78, 5) is 0. The zero-order valence-corrected chi connectivity index (χ0v) is 8.19. The van der Waals surface area contributed by atoms with Gasteiger partial charge in [0.2, 0.25) is 0 Å². The molecular formula is C7H2F5Pt-. The van der Waals surface area contributed by atoms with E-state index in [1.807, 2.05) is 0 Å². The van der Waals surface area contributed by atoms with Gasteiger partial charge in [-0.25, -0.2) is 13.2 Å². The molecule has 0 atom stereocenters. The fraction of sp³-hybridized carbons (Fsp3) is 0. The van der Waals surface area contributed by atoms with Gasteiger partial charge in [0.05, 0.1) is 11.6 Å². The number of hydrogen-bond acceptors (Lipinski definition) is 0. The van der Waals surface area contributed by atoms with E-state index >= 15 is 0 Å². The van der Waals surface area contributed by atoms with Gasteiger partial charge in [0.25, 0.3) is 0 Å². The van der Waals surface area contributed by atoms with E-state index in [1.165, 1.54) is 0 Å². The molecule has 0 aliphatic carbocycles. The standard InChI is InChI=1S/C7H2F5.Pt/c1-2-3(8)5(10)7(12)6(11)4(2)9;/h1H2;/q-1;. The zero-order valence-electron chi connectivity index (χ0n) is 5.91. The molecule has 0 spiro atoms. The summed E-state index contributed by atoms with van der Waals surface area (Å²) in [5.41, 5.74) is -1.12. The van der Waals surface area contributed by atoms with E-state index in [2.05, 4.69) is 6.92 Å². The van der Waals surface area contributed by atoms with E-state index < -0.39 is 34.6 Å². The Hall–Kier alpha value is -0.572. The second kappa shape index (κ2) is 4.09. The van der Waals surface area contributed by atoms with Crippen LogP contribution < -0.4 is 0 Å². The summed E-state index contributed by atoms with van der Waals surface area (Å²) in [6, 6.07) is 0. The molecule has 0 amide bonds. The summed E-state index contributed by atoms with van der Waals surface area (Å²) in [6.07, 6.45) is 0. The van der Waals surface area contributed by atoms with Gasteiger partial charge in [0.15, 0.2) is 5.82 Å². The third-order valence-electron chi connectivity index (χ3n) is 1.30. The van der Waals surface area contributed by atoms with Gasteiger partial charge in [0.1, 0.15) is 11.6 Å². The van der Waals surface area contributed by atoms with Crippen LogP contribution in [-0.4, -0.2) is 0 Å². The van der Waals surface area contributed by atoms with Gasteiger partial charge in [-0.3, -0.25) is 8.78 Å². The van der Waals surface area contributed by atoms with Crippen molar-refractivity contribution in [2.75, 3.05) is 0 Å². The van der Waals surface area contributed by atoms with Crippen LogP contribution in [0.2, 0.25) is 0 Å². The van der Waals surface area contributed by atoms with Crippen molar-refractivity contribution in [2.24, 2.45) is 0 Å². The van der Waals surface area contributed by atoms with E-state index in [9.17, 15) is 22.0 Å². The molecule has 0 radical (unpaired) electrons. The first-order chi connectivity index (χ1) is 5.46. The Morgan fingerprint density at radius 1 is 0.615 bits per heavy atom. The maximum Gasteiger partial charge on any atom is 0.175 e. The molecule has 0 bridgehead atoms. The van der Waals surface area contributed by atoms with E-state index in [0.717, 1.165) is 0 Å². The monoisotopic (exact) mass is 376 g/mol. The molecular weight excluding hydrogens is 374 g/mol. The number of hydrogen-bond donors (Lipinski definition) is 0. The van der Waals surface area contributed by atoms with Crippen LogP contribution in [0.15, 0.2) is 0 Å². The molecule has 13 heavy (non-hydrogen) atoms. The predicted molar refractivity (Wildman–Crippen MR) is 30.7 cm³/mol. The zero-order chi connectivity index (χ0) is 9.46. The fourth-order valence-electron chi connectivity index (χ4n) is 0.650. The van der Waals surface area contributed by atoms with Crippen LogP contribution in [0.4, 0.5) is 22.0 Å². The molecule has 1 rings (SSSR count). The average Bonchev–Trinajstić information content (AvgIpc) is 2.08. The second-order valence-corrected chi connectivity index (χ2v) is 2.05. The van der Waals surface area contributed by atoms with Gasteiger partial charge in [-0.05, 0) is 0 Å². The summed E-state index contributed by atoms with van der Waals surface area (Å²) >= 11 is 0. The van der Waals surface area contributed by atoms with E-state index in [4.69, 9.17) is 0 Å². The van der Waals surface area contributed by atoms with Crippen molar-refractivity contribution in [3.63, 3.8) is 0 Å². The molecule has 0 aliphatic rings. The van der Waals surface area contributed by atoms with Crippen LogP contribution in [0, 0.1) is 36.0 Å². The Bertz CT molecular complexity index is 231. The normalized spacial score (nSPS) is 9.62. The molecule has 0 unspecified atom stereocenters. The van der Waals surface area contributed by atoms with Crippen LogP contribution in [0.3, 0.4) is 0 Å². The van der Waals surface area contributed by atoms with E-state index in [1.54, 1.807) is 0 Å². The molecule has 0 aromatic heterocycles. The number of halogens is 5. The molecule has 76 valence electrons. The Labute approximate surface area is 85.0 Å². The number of rotatable bonds is 0. The predicted octanol–water partition coefficient (Wildman–Crippen LogP) is 2.56. The summed E-state index contributed by atoms with van der Waals surface area (Å²) in [6.45, 7) is 2.69. The van der Waals surface area contributed by atoms with E-state index in [0.29, 0.717) is 0 Å². The van der Waals surface area contributed by atoms with Crippen LogP contribution in [0.1, 0.15) is 5.56 Å². The number of benzene rings is 1. The fourth-order valence-corrected chi connectivity index (χ4v) is 0.650. The minimum absolute atomic E-state index is 0. The molecule has 6 heteroatoms. The second-order valence-electron chi connectivity index (χ2n) is 2.05. The molecule has 0 heterocycles. The Kier molecular flexibility index (Phi) is 3.91. The summed E-state index contributed by atoms with van der Waals surface area (Å²) in [5, 5.41) is 0. The topological polar surface area (TPSA) is 0 Å². The maximum absolute atomic E-state index is 12.3. The van der Waals surface area contributed by atoms with Crippen molar-refractivity contribution in [1.82, 2.24) is 0 Å². The van der Waals surface area contributed by atoms with Gasteiger partial charge >= 0.3 is 0 Å². The van der Waals surface area contributed by atoms with Crippen molar-refractivity contribution in [3.05, 3.63) is 41.6 Å². The first-order valence-corrected chi connectivity index (χ1v) is 2.80. The SMILES string of the molecule is [CH2-]c1c(F)c(F)c(F)c(F)c1F.[Pt]. The van der Waals surface area contributed by atoms with Crippen LogP contribution in [0.5, 0.6) is 0 Å². The van der Waals surface area contributed by atoms with Crippen molar-refractivity contribution in [1.29, 1.82) is 0 Å². The third kappa shape index (κ3) is 1.85.